The lowest BCUT2D eigenvalue weighted by Crippen LogP contribution is -2.51. The topological polar surface area (TPSA) is 59.6 Å². The van der Waals surface area contributed by atoms with Crippen LogP contribution in [0.1, 0.15) is 44.9 Å². The van der Waals surface area contributed by atoms with Crippen molar-refractivity contribution in [1.82, 2.24) is 5.48 Å². The molecule has 0 atom stereocenters. The third kappa shape index (κ3) is 1.87. The SMILES string of the molecule is NCC1(CC2=NCON2)C2CCCC1CCC2. The third-order valence-corrected chi connectivity index (χ3v) is 5.22. The molecular formula is C13H23N3O. The van der Waals surface area contributed by atoms with Crippen LogP contribution < -0.4 is 11.2 Å². The van der Waals surface area contributed by atoms with Gasteiger partial charge in [-0.25, -0.2) is 4.99 Å². The second-order valence-electron chi connectivity index (χ2n) is 5.85. The number of hydrogen-bond acceptors (Lipinski definition) is 4. The van der Waals surface area contributed by atoms with Gasteiger partial charge in [0.1, 0.15) is 5.84 Å². The van der Waals surface area contributed by atoms with Crippen molar-refractivity contribution in [3.63, 3.8) is 0 Å². The first-order valence-corrected chi connectivity index (χ1v) is 6.96. The number of aliphatic imine (C=N–C) groups is 1. The largest absolute Gasteiger partial charge is 0.330 e. The Kier molecular flexibility index (Phi) is 3.09. The Labute approximate surface area is 103 Å². The number of hydrogen-bond donors (Lipinski definition) is 2. The molecule has 3 aliphatic rings. The van der Waals surface area contributed by atoms with Crippen LogP contribution in [0.2, 0.25) is 0 Å². The molecule has 0 amide bonds. The van der Waals surface area contributed by atoms with Crippen molar-refractivity contribution in [1.29, 1.82) is 0 Å². The van der Waals surface area contributed by atoms with Crippen LogP contribution in [0.25, 0.3) is 0 Å². The van der Waals surface area contributed by atoms with E-state index >= 15 is 0 Å². The minimum Gasteiger partial charge on any atom is -0.330 e. The summed E-state index contributed by atoms with van der Waals surface area (Å²) in [6, 6.07) is 0. The van der Waals surface area contributed by atoms with Crippen LogP contribution in [0.15, 0.2) is 4.99 Å². The summed E-state index contributed by atoms with van der Waals surface area (Å²) in [5.41, 5.74) is 9.43. The minimum atomic E-state index is 0.302. The molecule has 0 aromatic rings. The Bertz CT molecular complexity index is 294. The number of nitrogens with two attached hydrogens (primary N) is 1. The molecule has 96 valence electrons. The molecule has 3 N–H and O–H groups in total. The summed E-state index contributed by atoms with van der Waals surface area (Å²) < 4.78 is 0. The molecule has 0 aromatic heterocycles. The second-order valence-corrected chi connectivity index (χ2v) is 5.85. The van der Waals surface area contributed by atoms with Crippen molar-refractivity contribution in [2.75, 3.05) is 13.3 Å². The van der Waals surface area contributed by atoms with E-state index in [0.29, 0.717) is 12.1 Å². The monoisotopic (exact) mass is 237 g/mol. The van der Waals surface area contributed by atoms with Crippen LogP contribution in [0, 0.1) is 17.3 Å². The van der Waals surface area contributed by atoms with E-state index in [9.17, 15) is 0 Å². The van der Waals surface area contributed by atoms with Gasteiger partial charge in [0.15, 0.2) is 6.73 Å². The predicted octanol–water partition coefficient (Wildman–Crippen LogP) is 1.81. The first kappa shape index (κ1) is 11.5. The van der Waals surface area contributed by atoms with Gasteiger partial charge in [0.25, 0.3) is 0 Å². The fraction of sp³-hybridized carbons (Fsp3) is 0.923. The number of hydroxylamine groups is 1. The first-order valence-electron chi connectivity index (χ1n) is 6.96. The molecule has 2 saturated carbocycles. The zero-order chi connectivity index (χ0) is 11.7. The van der Waals surface area contributed by atoms with Gasteiger partial charge in [0.2, 0.25) is 0 Å². The summed E-state index contributed by atoms with van der Waals surface area (Å²) in [4.78, 5) is 9.49. The molecule has 1 aliphatic heterocycles. The van der Waals surface area contributed by atoms with Gasteiger partial charge in [-0.2, -0.15) is 0 Å². The quantitative estimate of drug-likeness (QED) is 0.787. The van der Waals surface area contributed by atoms with Crippen molar-refractivity contribution < 1.29 is 4.84 Å². The summed E-state index contributed by atoms with van der Waals surface area (Å²) in [6.45, 7) is 1.27. The van der Waals surface area contributed by atoms with E-state index in [1.165, 1.54) is 38.5 Å². The Hall–Kier alpha value is -0.610. The number of nitrogens with zero attached hydrogens (tertiary/aromatic N) is 1. The third-order valence-electron chi connectivity index (χ3n) is 5.22. The van der Waals surface area contributed by atoms with Crippen molar-refractivity contribution in [2.24, 2.45) is 28.0 Å². The van der Waals surface area contributed by atoms with E-state index in [-0.39, 0.29) is 0 Å². The molecule has 2 fully saturated rings. The van der Waals surface area contributed by atoms with E-state index in [4.69, 9.17) is 10.6 Å². The Balaban J connectivity index is 1.83. The van der Waals surface area contributed by atoms with E-state index in [1.807, 2.05) is 0 Å². The zero-order valence-electron chi connectivity index (χ0n) is 10.5. The molecule has 0 radical (unpaired) electrons. The molecule has 0 saturated heterocycles. The van der Waals surface area contributed by atoms with Gasteiger partial charge in [-0.1, -0.05) is 12.8 Å². The minimum absolute atomic E-state index is 0.302. The average Bonchev–Trinajstić information content (AvgIpc) is 2.81. The lowest BCUT2D eigenvalue weighted by atomic mass is 9.53. The fourth-order valence-electron chi connectivity index (χ4n) is 4.35. The summed E-state index contributed by atoms with van der Waals surface area (Å²) in [7, 11) is 0. The van der Waals surface area contributed by atoms with Crippen LogP contribution in [0.5, 0.6) is 0 Å². The van der Waals surface area contributed by atoms with E-state index in [2.05, 4.69) is 10.5 Å². The predicted molar refractivity (Wildman–Crippen MR) is 67.3 cm³/mol. The number of amidine groups is 1. The van der Waals surface area contributed by atoms with Gasteiger partial charge in [0.05, 0.1) is 0 Å². The number of fused-ring (bicyclic) bond motifs is 2. The van der Waals surface area contributed by atoms with Gasteiger partial charge >= 0.3 is 0 Å². The zero-order valence-corrected chi connectivity index (χ0v) is 10.5. The summed E-state index contributed by atoms with van der Waals surface area (Å²) in [6.07, 6.45) is 9.24. The van der Waals surface area contributed by atoms with Crippen LogP contribution in [0.3, 0.4) is 0 Å². The highest BCUT2D eigenvalue weighted by Crippen LogP contribution is 2.54. The normalized spacial score (nSPS) is 40.9. The average molecular weight is 237 g/mol. The molecule has 4 nitrogen and oxygen atoms in total. The molecule has 0 spiro atoms. The molecule has 0 unspecified atom stereocenters. The van der Waals surface area contributed by atoms with E-state index in [1.54, 1.807) is 0 Å². The highest BCUT2D eigenvalue weighted by atomic mass is 16.7. The van der Waals surface area contributed by atoms with Gasteiger partial charge < -0.3 is 5.73 Å². The maximum absolute atomic E-state index is 6.18. The Morgan fingerprint density at radius 3 is 2.35 bits per heavy atom. The molecular weight excluding hydrogens is 214 g/mol. The standard InChI is InChI=1S/C13H23N3O/c14-8-13(7-12-15-9-17-16-12)10-3-1-4-11(13)6-2-5-10/h10-11H,1-9,14H2,(H,15,16). The maximum atomic E-state index is 6.18. The Morgan fingerprint density at radius 2 is 1.88 bits per heavy atom. The Morgan fingerprint density at radius 1 is 1.24 bits per heavy atom. The maximum Gasteiger partial charge on any atom is 0.166 e. The van der Waals surface area contributed by atoms with Gasteiger partial charge in [-0.3, -0.25) is 10.3 Å². The fourth-order valence-corrected chi connectivity index (χ4v) is 4.35. The highest BCUT2D eigenvalue weighted by molar-refractivity contribution is 5.82. The van der Waals surface area contributed by atoms with Crippen LogP contribution in [-0.4, -0.2) is 19.1 Å². The lowest BCUT2D eigenvalue weighted by molar-refractivity contribution is -0.00767. The number of rotatable bonds is 3. The molecule has 3 rings (SSSR count). The van der Waals surface area contributed by atoms with Crippen molar-refractivity contribution in [3.8, 4) is 0 Å². The van der Waals surface area contributed by atoms with E-state index in [0.717, 1.165) is 30.6 Å². The first-order chi connectivity index (χ1) is 8.35. The summed E-state index contributed by atoms with van der Waals surface area (Å²) in [5, 5.41) is 0. The lowest BCUT2D eigenvalue weighted by Gasteiger charge is -2.53. The van der Waals surface area contributed by atoms with Crippen molar-refractivity contribution in [3.05, 3.63) is 0 Å². The van der Waals surface area contributed by atoms with Gasteiger partial charge in [-0.15, -0.1) is 0 Å². The van der Waals surface area contributed by atoms with Crippen molar-refractivity contribution in [2.45, 2.75) is 44.9 Å². The molecule has 2 bridgehead atoms. The van der Waals surface area contributed by atoms with E-state index < -0.39 is 0 Å². The molecule has 17 heavy (non-hydrogen) atoms. The van der Waals surface area contributed by atoms with Gasteiger partial charge in [0, 0.05) is 6.42 Å². The van der Waals surface area contributed by atoms with Crippen LogP contribution in [-0.2, 0) is 4.84 Å². The molecule has 4 heteroatoms. The number of nitrogens with one attached hydrogen (secondary N) is 1. The van der Waals surface area contributed by atoms with Gasteiger partial charge in [-0.05, 0) is 49.5 Å². The smallest absolute Gasteiger partial charge is 0.166 e. The molecule has 2 aliphatic carbocycles. The van der Waals surface area contributed by atoms with Crippen molar-refractivity contribution >= 4 is 5.84 Å². The summed E-state index contributed by atoms with van der Waals surface area (Å²) in [5.74, 6) is 2.64. The second kappa shape index (κ2) is 4.58. The molecule has 0 aromatic carbocycles. The summed E-state index contributed by atoms with van der Waals surface area (Å²) >= 11 is 0. The molecule has 1 heterocycles. The van der Waals surface area contributed by atoms with Crippen LogP contribution >= 0.6 is 0 Å². The highest BCUT2D eigenvalue weighted by Gasteiger charge is 2.49. The van der Waals surface area contributed by atoms with Crippen LogP contribution in [0.4, 0.5) is 0 Å².